The second kappa shape index (κ2) is 7.59. The first-order chi connectivity index (χ1) is 13.5. The van der Waals surface area contributed by atoms with Crippen molar-refractivity contribution in [3.05, 3.63) is 34.5 Å². The molecule has 1 aromatic heterocycles. The van der Waals surface area contributed by atoms with Gasteiger partial charge in [0.25, 0.3) is 0 Å². The fraction of sp³-hybridized carbons (Fsp3) is 0.250. The van der Waals surface area contributed by atoms with E-state index in [0.29, 0.717) is 22.8 Å². The molecule has 0 saturated carbocycles. The molecule has 0 radical (unpaired) electrons. The van der Waals surface area contributed by atoms with Crippen LogP contribution in [0.2, 0.25) is 0 Å². The Kier molecular flexibility index (Phi) is 5.21. The molecular weight excluding hydrogens is 368 g/mol. The van der Waals surface area contributed by atoms with Crippen LogP contribution < -0.4 is 29.1 Å². The molecule has 0 fully saturated rings. The monoisotopic (exact) mass is 388 g/mol. The summed E-state index contributed by atoms with van der Waals surface area (Å²) in [5.41, 5.74) is 0.349. The lowest BCUT2D eigenvalue weighted by Crippen LogP contribution is -2.04. The molecule has 0 atom stereocenters. The number of ether oxygens (including phenoxy) is 5. The van der Waals surface area contributed by atoms with E-state index >= 15 is 0 Å². The summed E-state index contributed by atoms with van der Waals surface area (Å²) in [5, 5.41) is 10.3. The first kappa shape index (κ1) is 19.2. The SMILES string of the molecule is COc1cc2oc(-c3cc(OC)c(OC)c(OC)c3)cc(=O)c2c(OC)c1O. The molecule has 2 aromatic carbocycles. The number of phenolic OH excluding ortho intramolecular Hbond substituents is 1. The van der Waals surface area contributed by atoms with E-state index in [2.05, 4.69) is 0 Å². The fourth-order valence-electron chi connectivity index (χ4n) is 2.97. The van der Waals surface area contributed by atoms with E-state index in [1.54, 1.807) is 12.1 Å². The highest BCUT2D eigenvalue weighted by Crippen LogP contribution is 2.44. The lowest BCUT2D eigenvalue weighted by Gasteiger charge is -2.14. The molecule has 3 rings (SSSR count). The Morgan fingerprint density at radius 2 is 1.32 bits per heavy atom. The zero-order valence-electron chi connectivity index (χ0n) is 16.1. The third-order valence-corrected chi connectivity index (χ3v) is 4.29. The highest BCUT2D eigenvalue weighted by molar-refractivity contribution is 5.90. The minimum atomic E-state index is -0.389. The molecule has 0 saturated heterocycles. The molecule has 0 aliphatic heterocycles. The van der Waals surface area contributed by atoms with Crippen molar-refractivity contribution in [3.8, 4) is 45.8 Å². The van der Waals surface area contributed by atoms with Crippen LogP contribution in [0.25, 0.3) is 22.3 Å². The molecule has 148 valence electrons. The smallest absolute Gasteiger partial charge is 0.203 e. The third kappa shape index (κ3) is 3.02. The summed E-state index contributed by atoms with van der Waals surface area (Å²) in [6.07, 6.45) is 0. The molecule has 0 amide bonds. The molecule has 0 bridgehead atoms. The second-order valence-electron chi connectivity index (χ2n) is 5.72. The van der Waals surface area contributed by atoms with E-state index in [-0.39, 0.29) is 39.4 Å². The van der Waals surface area contributed by atoms with Gasteiger partial charge in [0, 0.05) is 17.7 Å². The zero-order valence-corrected chi connectivity index (χ0v) is 16.1. The number of hydrogen-bond donors (Lipinski definition) is 1. The summed E-state index contributed by atoms with van der Waals surface area (Å²) in [4.78, 5) is 12.8. The van der Waals surface area contributed by atoms with Gasteiger partial charge in [-0.1, -0.05) is 0 Å². The van der Waals surface area contributed by atoms with E-state index in [0.717, 1.165) is 0 Å². The number of aromatic hydroxyl groups is 1. The molecule has 0 aliphatic rings. The highest BCUT2D eigenvalue weighted by atomic mass is 16.5. The molecular formula is C20H20O8. The van der Waals surface area contributed by atoms with Gasteiger partial charge in [0.05, 0.1) is 35.5 Å². The van der Waals surface area contributed by atoms with E-state index in [4.69, 9.17) is 28.1 Å². The van der Waals surface area contributed by atoms with Crippen LogP contribution in [0.15, 0.2) is 33.5 Å². The molecule has 0 unspecified atom stereocenters. The quantitative estimate of drug-likeness (QED) is 0.688. The van der Waals surface area contributed by atoms with Gasteiger partial charge >= 0.3 is 0 Å². The average Bonchev–Trinajstić information content (AvgIpc) is 2.72. The summed E-state index contributed by atoms with van der Waals surface area (Å²) in [6, 6.07) is 6.06. The first-order valence-corrected chi connectivity index (χ1v) is 8.21. The van der Waals surface area contributed by atoms with E-state index in [1.807, 2.05) is 0 Å². The molecule has 3 aromatic rings. The molecule has 0 aliphatic carbocycles. The van der Waals surface area contributed by atoms with E-state index < -0.39 is 0 Å². The van der Waals surface area contributed by atoms with Gasteiger partial charge in [-0.15, -0.1) is 0 Å². The largest absolute Gasteiger partial charge is 0.502 e. The van der Waals surface area contributed by atoms with E-state index in [9.17, 15) is 9.90 Å². The Balaban J connectivity index is 2.31. The number of phenols is 1. The van der Waals surface area contributed by atoms with Crippen molar-refractivity contribution >= 4 is 11.0 Å². The molecule has 0 spiro atoms. The average molecular weight is 388 g/mol. The van der Waals surface area contributed by atoms with Crippen molar-refractivity contribution in [1.29, 1.82) is 0 Å². The van der Waals surface area contributed by atoms with Crippen LogP contribution in [0, 0.1) is 0 Å². The van der Waals surface area contributed by atoms with Gasteiger partial charge in [0.2, 0.25) is 11.5 Å². The standard InChI is InChI=1S/C20H20O8/c1-23-14-9-13-17(20(27-5)18(14)22)11(21)8-12(28-13)10-6-15(24-2)19(26-4)16(7-10)25-3/h6-9,22H,1-5H3. The highest BCUT2D eigenvalue weighted by Gasteiger charge is 2.21. The minimum Gasteiger partial charge on any atom is -0.502 e. The summed E-state index contributed by atoms with van der Waals surface area (Å²) < 4.78 is 32.3. The van der Waals surface area contributed by atoms with E-state index in [1.165, 1.54) is 47.7 Å². The number of hydrogen-bond acceptors (Lipinski definition) is 8. The van der Waals surface area contributed by atoms with Crippen LogP contribution in [0.3, 0.4) is 0 Å². The zero-order chi connectivity index (χ0) is 20.4. The summed E-state index contributed by atoms with van der Waals surface area (Å²) in [6.45, 7) is 0. The van der Waals surface area contributed by atoms with Gasteiger partial charge in [-0.3, -0.25) is 4.79 Å². The van der Waals surface area contributed by atoms with Crippen LogP contribution in [-0.4, -0.2) is 40.7 Å². The Hall–Kier alpha value is -3.55. The molecule has 28 heavy (non-hydrogen) atoms. The topological polar surface area (TPSA) is 96.6 Å². The first-order valence-electron chi connectivity index (χ1n) is 8.21. The minimum absolute atomic E-state index is 0.0143. The Morgan fingerprint density at radius 1 is 0.750 bits per heavy atom. The third-order valence-electron chi connectivity index (χ3n) is 4.29. The lowest BCUT2D eigenvalue weighted by atomic mass is 10.1. The number of rotatable bonds is 6. The molecule has 8 nitrogen and oxygen atoms in total. The number of benzene rings is 2. The van der Waals surface area contributed by atoms with Crippen LogP contribution in [-0.2, 0) is 0 Å². The van der Waals surface area contributed by atoms with Gasteiger partial charge in [0.15, 0.2) is 28.4 Å². The number of fused-ring (bicyclic) bond motifs is 1. The lowest BCUT2D eigenvalue weighted by molar-refractivity contribution is 0.324. The Morgan fingerprint density at radius 3 is 1.82 bits per heavy atom. The predicted molar refractivity (Wildman–Crippen MR) is 102 cm³/mol. The van der Waals surface area contributed by atoms with Gasteiger partial charge in [0.1, 0.15) is 16.7 Å². The van der Waals surface area contributed by atoms with Gasteiger partial charge < -0.3 is 33.2 Å². The van der Waals surface area contributed by atoms with Crippen molar-refractivity contribution in [3.63, 3.8) is 0 Å². The van der Waals surface area contributed by atoms with Crippen LogP contribution in [0.4, 0.5) is 0 Å². The molecule has 1 heterocycles. The molecule has 1 N–H and O–H groups in total. The van der Waals surface area contributed by atoms with Gasteiger partial charge in [-0.05, 0) is 12.1 Å². The van der Waals surface area contributed by atoms with Crippen molar-refractivity contribution in [2.75, 3.05) is 35.5 Å². The summed E-state index contributed by atoms with van der Waals surface area (Å²) in [7, 11) is 7.23. The predicted octanol–water partition coefficient (Wildman–Crippen LogP) is 3.21. The summed E-state index contributed by atoms with van der Waals surface area (Å²) in [5.74, 6) is 1.36. The Bertz CT molecular complexity index is 1060. The number of methoxy groups -OCH3 is 5. The van der Waals surface area contributed by atoms with Crippen molar-refractivity contribution in [1.82, 2.24) is 0 Å². The van der Waals surface area contributed by atoms with Crippen LogP contribution in [0.5, 0.6) is 34.5 Å². The summed E-state index contributed by atoms with van der Waals surface area (Å²) >= 11 is 0. The molecule has 8 heteroatoms. The maximum Gasteiger partial charge on any atom is 0.203 e. The van der Waals surface area contributed by atoms with Crippen LogP contribution >= 0.6 is 0 Å². The normalized spacial score (nSPS) is 10.6. The maximum atomic E-state index is 12.8. The maximum absolute atomic E-state index is 12.8. The van der Waals surface area contributed by atoms with Gasteiger partial charge in [-0.25, -0.2) is 0 Å². The fourth-order valence-corrected chi connectivity index (χ4v) is 2.97. The Labute approximate surface area is 160 Å². The second-order valence-corrected chi connectivity index (χ2v) is 5.72. The van der Waals surface area contributed by atoms with Crippen molar-refractivity contribution < 1.29 is 33.2 Å². The van der Waals surface area contributed by atoms with Crippen LogP contribution in [0.1, 0.15) is 0 Å². The van der Waals surface area contributed by atoms with Gasteiger partial charge in [-0.2, -0.15) is 0 Å². The van der Waals surface area contributed by atoms with Crippen molar-refractivity contribution in [2.24, 2.45) is 0 Å². The van der Waals surface area contributed by atoms with Crippen molar-refractivity contribution in [2.45, 2.75) is 0 Å².